The Bertz CT molecular complexity index is 529. The average Bonchev–Trinajstić information content (AvgIpc) is 2.46. The number of nitrogens with zero attached hydrogens (tertiary/aromatic N) is 1. The minimum absolute atomic E-state index is 0.432. The fourth-order valence-corrected chi connectivity index (χ4v) is 15.4. The third-order valence-corrected chi connectivity index (χ3v) is 12.9. The van der Waals surface area contributed by atoms with Crippen molar-refractivity contribution in [1.29, 1.82) is 0 Å². The first-order chi connectivity index (χ1) is 11.1. The van der Waals surface area contributed by atoms with Crippen LogP contribution in [0.2, 0.25) is 39.3 Å². The van der Waals surface area contributed by atoms with Crippen molar-refractivity contribution in [3.63, 3.8) is 0 Å². The summed E-state index contributed by atoms with van der Waals surface area (Å²) in [5.74, 6) is 1.30. The van der Waals surface area contributed by atoms with Crippen molar-refractivity contribution in [3.05, 3.63) is 30.3 Å². The zero-order valence-corrected chi connectivity index (χ0v) is 19.0. The SMILES string of the molecule is C[Si](C)(C)N(C1CCC(C(=S)Oc2ccccc2)CC1)[Si](C)(C)C. The molecule has 24 heavy (non-hydrogen) atoms. The second-order valence-electron chi connectivity index (χ2n) is 8.95. The molecule has 0 aromatic heterocycles. The summed E-state index contributed by atoms with van der Waals surface area (Å²) in [7, 11) is -2.58. The highest BCUT2D eigenvalue weighted by molar-refractivity contribution is 7.80. The number of hydrogen-bond donors (Lipinski definition) is 0. The Kier molecular flexibility index (Phi) is 6.45. The highest BCUT2D eigenvalue weighted by Gasteiger charge is 2.41. The zero-order valence-electron chi connectivity index (χ0n) is 16.1. The van der Waals surface area contributed by atoms with Crippen LogP contribution in [0.25, 0.3) is 0 Å². The molecule has 1 aliphatic rings. The molecule has 0 bridgehead atoms. The van der Waals surface area contributed by atoms with Gasteiger partial charge in [-0.15, -0.1) is 0 Å². The van der Waals surface area contributed by atoms with Crippen LogP contribution >= 0.6 is 12.2 Å². The Morgan fingerprint density at radius 1 is 0.917 bits per heavy atom. The van der Waals surface area contributed by atoms with Crippen LogP contribution in [-0.4, -0.2) is 31.8 Å². The van der Waals surface area contributed by atoms with Crippen LogP contribution < -0.4 is 4.74 Å². The van der Waals surface area contributed by atoms with Crippen molar-refractivity contribution in [2.45, 2.75) is 71.0 Å². The van der Waals surface area contributed by atoms with Crippen LogP contribution in [0.1, 0.15) is 25.7 Å². The van der Waals surface area contributed by atoms with Gasteiger partial charge < -0.3 is 8.97 Å². The molecule has 2 rings (SSSR count). The maximum absolute atomic E-state index is 5.92. The summed E-state index contributed by atoms with van der Waals surface area (Å²) in [6.45, 7) is 15.0. The van der Waals surface area contributed by atoms with Gasteiger partial charge in [0.25, 0.3) is 0 Å². The van der Waals surface area contributed by atoms with Gasteiger partial charge in [0.1, 0.15) is 22.2 Å². The maximum atomic E-state index is 5.92. The first kappa shape index (κ1) is 19.8. The lowest BCUT2D eigenvalue weighted by Crippen LogP contribution is -2.63. The van der Waals surface area contributed by atoms with E-state index in [9.17, 15) is 0 Å². The summed E-state index contributed by atoms with van der Waals surface area (Å²) in [5, 5.41) is 0.784. The maximum Gasteiger partial charge on any atom is 0.170 e. The summed E-state index contributed by atoms with van der Waals surface area (Å²) in [6, 6.07) is 10.7. The summed E-state index contributed by atoms with van der Waals surface area (Å²) in [5.41, 5.74) is 0. The van der Waals surface area contributed by atoms with E-state index in [-0.39, 0.29) is 0 Å². The highest BCUT2D eigenvalue weighted by Crippen LogP contribution is 2.34. The Morgan fingerprint density at radius 2 is 1.42 bits per heavy atom. The molecule has 0 radical (unpaired) electrons. The first-order valence-electron chi connectivity index (χ1n) is 9.15. The standard InChI is InChI=1S/C19H33NOSSi2/c1-23(2,3)20(24(4,5)6)17-14-12-16(13-15-17)19(22)21-18-10-8-7-9-11-18/h7-11,16-17H,12-15H2,1-6H3. The van der Waals surface area contributed by atoms with Crippen LogP contribution in [0, 0.1) is 5.92 Å². The van der Waals surface area contributed by atoms with E-state index in [4.69, 9.17) is 17.0 Å². The van der Waals surface area contributed by atoms with E-state index in [1.54, 1.807) is 0 Å². The molecule has 0 unspecified atom stereocenters. The molecule has 1 fully saturated rings. The molecule has 1 aromatic carbocycles. The fraction of sp³-hybridized carbons (Fsp3) is 0.632. The van der Waals surface area contributed by atoms with E-state index < -0.39 is 16.5 Å². The summed E-state index contributed by atoms with van der Waals surface area (Å²) < 4.78 is 8.89. The predicted molar refractivity (Wildman–Crippen MR) is 114 cm³/mol. The Balaban J connectivity index is 1.96. The molecule has 0 N–H and O–H groups in total. The van der Waals surface area contributed by atoms with Crippen molar-refractivity contribution in [1.82, 2.24) is 4.23 Å². The molecule has 1 aliphatic carbocycles. The molecule has 5 heteroatoms. The van der Waals surface area contributed by atoms with Crippen LogP contribution in [0.3, 0.4) is 0 Å². The molecule has 0 spiro atoms. The van der Waals surface area contributed by atoms with Gasteiger partial charge in [-0.3, -0.25) is 0 Å². The smallest absolute Gasteiger partial charge is 0.170 e. The topological polar surface area (TPSA) is 12.5 Å². The highest BCUT2D eigenvalue weighted by atomic mass is 32.1. The number of para-hydroxylation sites is 1. The third-order valence-electron chi connectivity index (χ3n) is 4.80. The van der Waals surface area contributed by atoms with E-state index in [2.05, 4.69) is 43.5 Å². The quantitative estimate of drug-likeness (QED) is 0.465. The molecule has 0 amide bonds. The predicted octanol–water partition coefficient (Wildman–Crippen LogP) is 5.92. The lowest BCUT2D eigenvalue weighted by Gasteiger charge is -2.50. The zero-order chi connectivity index (χ0) is 18.0. The minimum atomic E-state index is -1.29. The second-order valence-corrected chi connectivity index (χ2v) is 19.4. The molecule has 0 saturated heterocycles. The number of ether oxygens (including phenoxy) is 1. The molecule has 0 aliphatic heterocycles. The number of hydrogen-bond acceptors (Lipinski definition) is 3. The summed E-state index contributed by atoms with van der Waals surface area (Å²) in [6.07, 6.45) is 4.86. The fourth-order valence-electron chi connectivity index (χ4n) is 4.36. The normalized spacial score (nSPS) is 22.5. The molecule has 134 valence electrons. The van der Waals surface area contributed by atoms with Crippen molar-refractivity contribution >= 4 is 33.7 Å². The van der Waals surface area contributed by atoms with Crippen molar-refractivity contribution in [2.75, 3.05) is 0 Å². The Morgan fingerprint density at radius 3 is 1.88 bits per heavy atom. The van der Waals surface area contributed by atoms with Gasteiger partial charge in [0.15, 0.2) is 5.05 Å². The second kappa shape index (κ2) is 7.81. The van der Waals surface area contributed by atoms with Gasteiger partial charge in [0.2, 0.25) is 0 Å². The molecular weight excluding hydrogens is 346 g/mol. The molecular formula is C19H33NOSSi2. The van der Waals surface area contributed by atoms with E-state index >= 15 is 0 Å². The molecule has 1 saturated carbocycles. The summed E-state index contributed by atoms with van der Waals surface area (Å²) in [4.78, 5) is 0. The van der Waals surface area contributed by atoms with Gasteiger partial charge in [-0.2, -0.15) is 0 Å². The third kappa shape index (κ3) is 5.25. The molecule has 0 atom stereocenters. The van der Waals surface area contributed by atoms with Gasteiger partial charge in [-0.05, 0) is 56.1 Å². The van der Waals surface area contributed by atoms with Crippen molar-refractivity contribution in [2.24, 2.45) is 5.92 Å². The Hall–Kier alpha value is -0.496. The van der Waals surface area contributed by atoms with Crippen LogP contribution in [0.4, 0.5) is 0 Å². The molecule has 2 nitrogen and oxygen atoms in total. The lowest BCUT2D eigenvalue weighted by molar-refractivity contribution is 0.287. The van der Waals surface area contributed by atoms with Gasteiger partial charge in [0.05, 0.1) is 0 Å². The van der Waals surface area contributed by atoms with Gasteiger partial charge >= 0.3 is 0 Å². The number of rotatable bonds is 5. The largest absolute Gasteiger partial charge is 0.450 e. The van der Waals surface area contributed by atoms with E-state index in [1.807, 2.05) is 30.3 Å². The van der Waals surface area contributed by atoms with Crippen molar-refractivity contribution in [3.8, 4) is 5.75 Å². The van der Waals surface area contributed by atoms with Crippen LogP contribution in [-0.2, 0) is 0 Å². The van der Waals surface area contributed by atoms with Gasteiger partial charge in [-0.1, -0.05) is 57.5 Å². The van der Waals surface area contributed by atoms with E-state index in [0.717, 1.165) is 16.8 Å². The van der Waals surface area contributed by atoms with Crippen molar-refractivity contribution < 1.29 is 4.74 Å². The molecule has 0 heterocycles. The Labute approximate surface area is 155 Å². The molecule has 1 aromatic rings. The van der Waals surface area contributed by atoms with E-state index in [0.29, 0.717) is 5.92 Å². The van der Waals surface area contributed by atoms with Crippen LogP contribution in [0.5, 0.6) is 5.75 Å². The summed E-state index contributed by atoms with van der Waals surface area (Å²) >= 11 is 5.59. The lowest BCUT2D eigenvalue weighted by atomic mass is 9.87. The average molecular weight is 380 g/mol. The monoisotopic (exact) mass is 379 g/mol. The van der Waals surface area contributed by atoms with Crippen LogP contribution in [0.15, 0.2) is 30.3 Å². The number of benzene rings is 1. The van der Waals surface area contributed by atoms with E-state index in [1.165, 1.54) is 25.7 Å². The van der Waals surface area contributed by atoms with Gasteiger partial charge in [0, 0.05) is 5.92 Å². The first-order valence-corrected chi connectivity index (χ1v) is 16.5. The minimum Gasteiger partial charge on any atom is -0.450 e. The number of thiocarbonyl (C=S) groups is 1. The van der Waals surface area contributed by atoms with Gasteiger partial charge in [-0.25, -0.2) is 0 Å².